The Labute approximate surface area is 112 Å². The third kappa shape index (κ3) is 2.01. The fraction of sp³-hybridized carbons (Fsp3) is 0.167. The molecule has 0 saturated heterocycles. The molecule has 0 atom stereocenters. The summed E-state index contributed by atoms with van der Waals surface area (Å²) in [6, 6.07) is 5.54. The van der Waals surface area contributed by atoms with Gasteiger partial charge in [-0.05, 0) is 24.1 Å². The Morgan fingerprint density at radius 3 is 3.00 bits per heavy atom. The molecule has 3 aromatic rings. The first-order chi connectivity index (χ1) is 9.69. The lowest BCUT2D eigenvalue weighted by Gasteiger charge is -1.96. The van der Waals surface area contributed by atoms with Crippen LogP contribution in [0.4, 0.5) is 5.69 Å². The minimum Gasteiger partial charge on any atom is -0.396 e. The van der Waals surface area contributed by atoms with Crippen LogP contribution in [-0.2, 0) is 6.42 Å². The van der Waals surface area contributed by atoms with Crippen molar-refractivity contribution in [2.24, 2.45) is 0 Å². The van der Waals surface area contributed by atoms with Gasteiger partial charge in [0.25, 0.3) is 0 Å². The van der Waals surface area contributed by atoms with Crippen LogP contribution >= 0.6 is 0 Å². The first-order valence-electron chi connectivity index (χ1n) is 5.96. The molecule has 3 N–H and O–H groups in total. The largest absolute Gasteiger partial charge is 0.396 e. The average molecular weight is 273 g/mol. The van der Waals surface area contributed by atoms with Crippen LogP contribution in [0.1, 0.15) is 5.56 Å². The predicted molar refractivity (Wildman–Crippen MR) is 71.1 cm³/mol. The van der Waals surface area contributed by atoms with Gasteiger partial charge < -0.3 is 10.1 Å². The lowest BCUT2D eigenvalue weighted by atomic mass is 10.1. The van der Waals surface area contributed by atoms with E-state index in [9.17, 15) is 10.1 Å². The van der Waals surface area contributed by atoms with Gasteiger partial charge in [0.1, 0.15) is 6.20 Å². The second kappa shape index (κ2) is 4.74. The van der Waals surface area contributed by atoms with Crippen LogP contribution < -0.4 is 0 Å². The molecule has 0 aliphatic heterocycles. The van der Waals surface area contributed by atoms with Crippen molar-refractivity contribution in [3.8, 4) is 11.5 Å². The summed E-state index contributed by atoms with van der Waals surface area (Å²) in [7, 11) is 0. The van der Waals surface area contributed by atoms with Crippen molar-refractivity contribution in [3.63, 3.8) is 0 Å². The molecule has 0 aliphatic rings. The highest BCUT2D eigenvalue weighted by Gasteiger charge is 2.20. The summed E-state index contributed by atoms with van der Waals surface area (Å²) in [6.45, 7) is 0.0680. The molecule has 3 rings (SSSR count). The van der Waals surface area contributed by atoms with E-state index in [1.807, 2.05) is 18.2 Å². The molecule has 0 radical (unpaired) electrons. The predicted octanol–water partition coefficient (Wildman–Crippen LogP) is 1.40. The number of hydrogen-bond donors (Lipinski definition) is 3. The maximum absolute atomic E-state index is 10.9. The van der Waals surface area contributed by atoms with Crippen molar-refractivity contribution in [1.82, 2.24) is 20.2 Å². The lowest BCUT2D eigenvalue weighted by molar-refractivity contribution is -0.384. The summed E-state index contributed by atoms with van der Waals surface area (Å²) in [5, 5.41) is 26.1. The molecule has 0 bridgehead atoms. The van der Waals surface area contributed by atoms with E-state index in [2.05, 4.69) is 20.2 Å². The number of nitrogens with one attached hydrogen (secondary N) is 2. The van der Waals surface area contributed by atoms with E-state index in [0.717, 1.165) is 17.3 Å². The number of nitro groups is 1. The average Bonchev–Trinajstić information content (AvgIpc) is 3.04. The molecule has 20 heavy (non-hydrogen) atoms. The fourth-order valence-electron chi connectivity index (χ4n) is 2.05. The van der Waals surface area contributed by atoms with Gasteiger partial charge >= 0.3 is 5.69 Å². The maximum Gasteiger partial charge on any atom is 0.317 e. The smallest absolute Gasteiger partial charge is 0.317 e. The summed E-state index contributed by atoms with van der Waals surface area (Å²) in [5.41, 5.74) is 2.55. The van der Waals surface area contributed by atoms with Crippen molar-refractivity contribution in [2.75, 3.05) is 6.61 Å². The van der Waals surface area contributed by atoms with Gasteiger partial charge in [-0.2, -0.15) is 5.10 Å². The topological polar surface area (TPSA) is 121 Å². The molecule has 8 nitrogen and oxygen atoms in total. The summed E-state index contributed by atoms with van der Waals surface area (Å²) in [6.07, 6.45) is 1.70. The van der Waals surface area contributed by atoms with E-state index in [-0.39, 0.29) is 18.0 Å². The van der Waals surface area contributed by atoms with E-state index < -0.39 is 4.92 Å². The van der Waals surface area contributed by atoms with Gasteiger partial charge in [-0.3, -0.25) is 15.2 Å². The Morgan fingerprint density at radius 1 is 1.40 bits per heavy atom. The molecule has 0 unspecified atom stereocenters. The van der Waals surface area contributed by atoms with Gasteiger partial charge in [-0.25, -0.2) is 4.98 Å². The quantitative estimate of drug-likeness (QED) is 0.490. The highest BCUT2D eigenvalue weighted by molar-refractivity contribution is 5.80. The van der Waals surface area contributed by atoms with Crippen LogP contribution in [0.15, 0.2) is 24.4 Å². The molecular formula is C12H11N5O3. The molecule has 0 saturated carbocycles. The van der Waals surface area contributed by atoms with Crippen LogP contribution in [0.2, 0.25) is 0 Å². The van der Waals surface area contributed by atoms with E-state index in [4.69, 9.17) is 5.11 Å². The van der Waals surface area contributed by atoms with E-state index in [1.165, 1.54) is 0 Å². The number of nitrogens with zero attached hydrogens (tertiary/aromatic N) is 3. The van der Waals surface area contributed by atoms with Gasteiger partial charge in [0.15, 0.2) is 11.5 Å². The van der Waals surface area contributed by atoms with Crippen LogP contribution in [0.3, 0.4) is 0 Å². The van der Waals surface area contributed by atoms with Crippen LogP contribution in [0.5, 0.6) is 0 Å². The lowest BCUT2D eigenvalue weighted by Crippen LogP contribution is -1.90. The monoisotopic (exact) mass is 273 g/mol. The Kier molecular flexibility index (Phi) is 2.92. The number of rotatable bonds is 4. The minimum absolute atomic E-state index is 0.0680. The summed E-state index contributed by atoms with van der Waals surface area (Å²) >= 11 is 0. The van der Waals surface area contributed by atoms with Crippen LogP contribution in [0, 0.1) is 10.1 Å². The van der Waals surface area contributed by atoms with Crippen LogP contribution in [-0.4, -0.2) is 36.8 Å². The number of aromatic nitrogens is 4. The zero-order chi connectivity index (χ0) is 14.1. The normalized spacial score (nSPS) is 11.1. The summed E-state index contributed by atoms with van der Waals surface area (Å²) in [5.74, 6) is 0.366. The van der Waals surface area contributed by atoms with Crippen LogP contribution in [0.25, 0.3) is 22.6 Å². The molecule has 0 aliphatic carbocycles. The van der Waals surface area contributed by atoms with Crippen molar-refractivity contribution >= 4 is 16.7 Å². The Bertz CT molecular complexity index is 776. The molecular weight excluding hydrogens is 262 g/mol. The Hall–Kier alpha value is -2.74. The van der Waals surface area contributed by atoms with E-state index in [1.54, 1.807) is 0 Å². The fourth-order valence-corrected chi connectivity index (χ4v) is 2.05. The number of aliphatic hydroxyl groups is 1. The second-order valence-electron chi connectivity index (χ2n) is 4.30. The summed E-state index contributed by atoms with van der Waals surface area (Å²) in [4.78, 5) is 17.7. The molecule has 2 heterocycles. The van der Waals surface area contributed by atoms with Crippen molar-refractivity contribution in [2.45, 2.75) is 6.42 Å². The van der Waals surface area contributed by atoms with Crippen molar-refractivity contribution in [1.29, 1.82) is 0 Å². The zero-order valence-corrected chi connectivity index (χ0v) is 10.3. The molecule has 2 aromatic heterocycles. The molecule has 0 amide bonds. The number of aromatic amines is 2. The van der Waals surface area contributed by atoms with Crippen molar-refractivity contribution < 1.29 is 10.0 Å². The van der Waals surface area contributed by atoms with E-state index in [0.29, 0.717) is 17.8 Å². The van der Waals surface area contributed by atoms with Gasteiger partial charge in [0.05, 0.1) is 16.0 Å². The number of fused-ring (bicyclic) bond motifs is 1. The van der Waals surface area contributed by atoms with Gasteiger partial charge in [0, 0.05) is 6.61 Å². The maximum atomic E-state index is 10.9. The molecule has 0 fully saturated rings. The SMILES string of the molecule is O=[N+]([O-])c1cn[nH]c1-c1nc2ccc(CCO)cc2[nH]1. The number of hydrogen-bond acceptors (Lipinski definition) is 5. The number of H-pyrrole nitrogens is 2. The Balaban J connectivity index is 2.08. The first-order valence-corrected chi connectivity index (χ1v) is 5.96. The number of imidazole rings is 1. The molecule has 102 valence electrons. The highest BCUT2D eigenvalue weighted by Crippen LogP contribution is 2.26. The number of benzene rings is 1. The first kappa shape index (κ1) is 12.3. The third-order valence-corrected chi connectivity index (χ3v) is 3.00. The minimum atomic E-state index is -0.511. The summed E-state index contributed by atoms with van der Waals surface area (Å²) < 4.78 is 0. The molecule has 0 spiro atoms. The Morgan fingerprint density at radius 2 is 2.25 bits per heavy atom. The van der Waals surface area contributed by atoms with Gasteiger partial charge in [-0.1, -0.05) is 6.07 Å². The molecule has 8 heteroatoms. The second-order valence-corrected chi connectivity index (χ2v) is 4.30. The third-order valence-electron chi connectivity index (χ3n) is 3.00. The number of aliphatic hydroxyl groups excluding tert-OH is 1. The standard InChI is InChI=1S/C12H11N5O3/c18-4-3-7-1-2-8-9(5-7)15-12(14-8)11-10(17(19)20)6-13-16-11/h1-2,5-6,18H,3-4H2,(H,13,16)(H,14,15). The van der Waals surface area contributed by atoms with Gasteiger partial charge in [-0.15, -0.1) is 0 Å². The highest BCUT2D eigenvalue weighted by atomic mass is 16.6. The zero-order valence-electron chi connectivity index (χ0n) is 10.3. The van der Waals surface area contributed by atoms with Crippen molar-refractivity contribution in [3.05, 3.63) is 40.1 Å². The van der Waals surface area contributed by atoms with E-state index >= 15 is 0 Å². The molecule has 1 aromatic carbocycles. The van der Waals surface area contributed by atoms with Gasteiger partial charge in [0.2, 0.25) is 0 Å².